The molecule has 4 saturated carbocycles. The Morgan fingerprint density at radius 2 is 1.78 bits per heavy atom. The van der Waals surface area contributed by atoms with Gasteiger partial charge in [-0.1, -0.05) is 0 Å². The Labute approximate surface area is 105 Å². The molecule has 0 atom stereocenters. The molecule has 1 aromatic rings. The molecular weight excluding hydrogens is 230 g/mol. The zero-order valence-corrected chi connectivity index (χ0v) is 10.3. The van der Waals surface area contributed by atoms with Crippen molar-refractivity contribution in [3.8, 4) is 0 Å². The Hall–Kier alpha value is -1.32. The zero-order chi connectivity index (χ0) is 12.3. The Morgan fingerprint density at radius 3 is 2.28 bits per heavy atom. The first-order valence-electron chi connectivity index (χ1n) is 6.83. The van der Waals surface area contributed by atoms with Gasteiger partial charge in [-0.15, -0.1) is 0 Å². The van der Waals surface area contributed by atoms with Crippen molar-refractivity contribution in [2.75, 3.05) is 0 Å². The molecule has 4 fully saturated rings. The van der Waals surface area contributed by atoms with Gasteiger partial charge in [0.15, 0.2) is 6.39 Å². The van der Waals surface area contributed by atoms with Gasteiger partial charge in [0, 0.05) is 5.41 Å². The van der Waals surface area contributed by atoms with Gasteiger partial charge in [0.05, 0.1) is 0 Å². The number of carbonyl (C=O) groups is 1. The fraction of sp³-hybridized carbons (Fsp3) is 0.714. The second kappa shape index (κ2) is 3.37. The highest BCUT2D eigenvalue weighted by molar-refractivity contribution is 5.86. The minimum absolute atomic E-state index is 0.00940. The summed E-state index contributed by atoms with van der Waals surface area (Å²) in [7, 11) is 0. The smallest absolute Gasteiger partial charge is 0.373 e. The lowest BCUT2D eigenvalue weighted by molar-refractivity contribution is -0.00806. The molecule has 1 aromatic heterocycles. The SMILES string of the molecule is O=C(O)c1ocnc1C12CC3CC(CC(C3)C1)C2. The maximum absolute atomic E-state index is 11.2. The van der Waals surface area contributed by atoms with Crippen LogP contribution in [-0.2, 0) is 5.41 Å². The van der Waals surface area contributed by atoms with Crippen LogP contribution < -0.4 is 0 Å². The topological polar surface area (TPSA) is 63.3 Å². The average Bonchev–Trinajstić information content (AvgIpc) is 2.76. The molecule has 4 aliphatic rings. The molecule has 4 aliphatic carbocycles. The summed E-state index contributed by atoms with van der Waals surface area (Å²) in [5.41, 5.74) is 0.740. The maximum atomic E-state index is 11.2. The summed E-state index contributed by atoms with van der Waals surface area (Å²) in [6.45, 7) is 0. The molecule has 4 bridgehead atoms. The van der Waals surface area contributed by atoms with E-state index in [1.54, 1.807) is 0 Å². The monoisotopic (exact) mass is 247 g/mol. The summed E-state index contributed by atoms with van der Waals surface area (Å²) in [4.78, 5) is 15.5. The van der Waals surface area contributed by atoms with Gasteiger partial charge in [0.1, 0.15) is 5.69 Å². The predicted octanol–water partition coefficient (Wildman–Crippen LogP) is 2.84. The van der Waals surface area contributed by atoms with E-state index in [1.807, 2.05) is 0 Å². The van der Waals surface area contributed by atoms with E-state index in [4.69, 9.17) is 4.42 Å². The number of nitrogens with zero attached hydrogens (tertiary/aromatic N) is 1. The molecule has 0 saturated heterocycles. The molecule has 4 heteroatoms. The standard InChI is InChI=1S/C14H17NO3/c16-13(17)11-12(15-7-18-11)14-4-8-1-9(5-14)3-10(2-8)6-14/h7-10H,1-6H2,(H,16,17). The number of carboxylic acids is 1. The number of aromatic nitrogens is 1. The first kappa shape index (κ1) is 10.6. The minimum Gasteiger partial charge on any atom is -0.475 e. The van der Waals surface area contributed by atoms with Crippen molar-refractivity contribution in [3.63, 3.8) is 0 Å². The fourth-order valence-electron chi connectivity index (χ4n) is 5.18. The lowest BCUT2D eigenvalue weighted by Crippen LogP contribution is -2.49. The predicted molar refractivity (Wildman–Crippen MR) is 63.3 cm³/mol. The molecule has 0 aliphatic heterocycles. The summed E-state index contributed by atoms with van der Waals surface area (Å²) in [6, 6.07) is 0. The molecule has 1 N–H and O–H groups in total. The quantitative estimate of drug-likeness (QED) is 0.872. The Morgan fingerprint density at radius 1 is 1.22 bits per heavy atom. The molecule has 96 valence electrons. The first-order valence-corrected chi connectivity index (χ1v) is 6.83. The summed E-state index contributed by atoms with van der Waals surface area (Å²) in [5, 5.41) is 9.22. The summed E-state index contributed by atoms with van der Waals surface area (Å²) >= 11 is 0. The van der Waals surface area contributed by atoms with Crippen molar-refractivity contribution in [1.82, 2.24) is 4.98 Å². The van der Waals surface area contributed by atoms with Crippen molar-refractivity contribution in [2.24, 2.45) is 17.8 Å². The number of oxazole rings is 1. The largest absolute Gasteiger partial charge is 0.475 e. The van der Waals surface area contributed by atoms with Gasteiger partial charge in [0.25, 0.3) is 0 Å². The highest BCUT2D eigenvalue weighted by atomic mass is 16.4. The van der Waals surface area contributed by atoms with Gasteiger partial charge in [-0.25, -0.2) is 9.78 Å². The van der Waals surface area contributed by atoms with E-state index < -0.39 is 5.97 Å². The Kier molecular flexibility index (Phi) is 1.98. The van der Waals surface area contributed by atoms with Gasteiger partial charge in [-0.3, -0.25) is 0 Å². The molecular formula is C14H17NO3. The molecule has 0 radical (unpaired) electrons. The number of hydrogen-bond donors (Lipinski definition) is 1. The molecule has 0 spiro atoms. The average molecular weight is 247 g/mol. The van der Waals surface area contributed by atoms with E-state index in [9.17, 15) is 9.90 Å². The van der Waals surface area contributed by atoms with E-state index in [2.05, 4.69) is 4.98 Å². The van der Waals surface area contributed by atoms with E-state index in [0.717, 1.165) is 42.7 Å². The van der Waals surface area contributed by atoms with Crippen molar-refractivity contribution < 1.29 is 14.3 Å². The van der Waals surface area contributed by atoms with Crippen LogP contribution in [0.3, 0.4) is 0 Å². The molecule has 1 heterocycles. The van der Waals surface area contributed by atoms with E-state index >= 15 is 0 Å². The van der Waals surface area contributed by atoms with Gasteiger partial charge in [-0.05, 0) is 56.3 Å². The van der Waals surface area contributed by atoms with Gasteiger partial charge in [-0.2, -0.15) is 0 Å². The maximum Gasteiger partial charge on any atom is 0.373 e. The van der Waals surface area contributed by atoms with Crippen molar-refractivity contribution in [1.29, 1.82) is 0 Å². The van der Waals surface area contributed by atoms with Gasteiger partial charge >= 0.3 is 5.97 Å². The first-order chi connectivity index (χ1) is 8.66. The summed E-state index contributed by atoms with van der Waals surface area (Å²) in [5.74, 6) is 1.47. The number of rotatable bonds is 2. The highest BCUT2D eigenvalue weighted by Crippen LogP contribution is 2.60. The van der Waals surface area contributed by atoms with Crippen molar-refractivity contribution >= 4 is 5.97 Å². The van der Waals surface area contributed by atoms with E-state index in [-0.39, 0.29) is 11.2 Å². The zero-order valence-electron chi connectivity index (χ0n) is 10.3. The van der Waals surface area contributed by atoms with Crippen LogP contribution in [0.15, 0.2) is 10.8 Å². The molecule has 0 amide bonds. The van der Waals surface area contributed by atoms with Crippen molar-refractivity contribution in [2.45, 2.75) is 43.9 Å². The molecule has 4 nitrogen and oxygen atoms in total. The summed E-state index contributed by atoms with van der Waals surface area (Å²) < 4.78 is 5.10. The molecule has 0 aromatic carbocycles. The van der Waals surface area contributed by atoms with Crippen LogP contribution in [0.1, 0.15) is 54.8 Å². The second-order valence-corrected chi connectivity index (χ2v) is 6.53. The van der Waals surface area contributed by atoms with Gasteiger partial charge < -0.3 is 9.52 Å². The van der Waals surface area contributed by atoms with Crippen molar-refractivity contribution in [3.05, 3.63) is 17.8 Å². The normalized spacial score (nSPS) is 41.2. The lowest BCUT2D eigenvalue weighted by Gasteiger charge is -2.56. The number of aromatic carboxylic acids is 1. The Balaban J connectivity index is 1.79. The van der Waals surface area contributed by atoms with Crippen LogP contribution in [0.4, 0.5) is 0 Å². The third kappa shape index (κ3) is 1.32. The second-order valence-electron chi connectivity index (χ2n) is 6.53. The molecule has 0 unspecified atom stereocenters. The van der Waals surface area contributed by atoms with E-state index in [1.165, 1.54) is 25.7 Å². The third-order valence-corrected chi connectivity index (χ3v) is 5.30. The van der Waals surface area contributed by atoms with Crippen LogP contribution in [0.5, 0.6) is 0 Å². The summed E-state index contributed by atoms with van der Waals surface area (Å²) in [6.07, 6.45) is 8.69. The van der Waals surface area contributed by atoms with Crippen LogP contribution in [0.25, 0.3) is 0 Å². The third-order valence-electron chi connectivity index (χ3n) is 5.30. The minimum atomic E-state index is -0.974. The Bertz CT molecular complexity index is 470. The van der Waals surface area contributed by atoms with E-state index in [0.29, 0.717) is 0 Å². The van der Waals surface area contributed by atoms with Crippen LogP contribution in [0.2, 0.25) is 0 Å². The fourth-order valence-corrected chi connectivity index (χ4v) is 5.18. The number of carboxylic acid groups (broad SMARTS) is 1. The van der Waals surface area contributed by atoms with Crippen LogP contribution in [0, 0.1) is 17.8 Å². The molecule has 18 heavy (non-hydrogen) atoms. The highest BCUT2D eigenvalue weighted by Gasteiger charge is 2.54. The van der Waals surface area contributed by atoms with Crippen LogP contribution in [-0.4, -0.2) is 16.1 Å². The van der Waals surface area contributed by atoms with Gasteiger partial charge in [0.2, 0.25) is 5.76 Å². The number of hydrogen-bond acceptors (Lipinski definition) is 3. The van der Waals surface area contributed by atoms with Crippen LogP contribution >= 0.6 is 0 Å². The molecule has 5 rings (SSSR count). The lowest BCUT2D eigenvalue weighted by atomic mass is 9.48.